The highest BCUT2D eigenvalue weighted by Gasteiger charge is 2.14. The van der Waals surface area contributed by atoms with Crippen LogP contribution in [0.25, 0.3) is 6.08 Å². The molecule has 118 valence electrons. The summed E-state index contributed by atoms with van der Waals surface area (Å²) in [4.78, 5) is 0. The summed E-state index contributed by atoms with van der Waals surface area (Å²) < 4.78 is 11.6. The fraction of sp³-hybridized carbons (Fsp3) is 0.579. The van der Waals surface area contributed by atoms with Gasteiger partial charge in [0.2, 0.25) is 0 Å². The lowest BCUT2D eigenvalue weighted by atomic mass is 10.0. The van der Waals surface area contributed by atoms with Gasteiger partial charge >= 0.3 is 0 Å². The van der Waals surface area contributed by atoms with Crippen LogP contribution in [0, 0.1) is 0 Å². The van der Waals surface area contributed by atoms with Crippen molar-refractivity contribution in [1.29, 1.82) is 0 Å². The van der Waals surface area contributed by atoms with Gasteiger partial charge in [0.05, 0.1) is 0 Å². The molecular weight excluding hydrogens is 260 g/mol. The van der Waals surface area contributed by atoms with Crippen LogP contribution < -0.4 is 0 Å². The zero-order valence-electron chi connectivity index (χ0n) is 13.8. The molecule has 0 aliphatic rings. The molecule has 0 saturated carbocycles. The van der Waals surface area contributed by atoms with Crippen LogP contribution in [0.5, 0.6) is 0 Å². The number of rotatable bonds is 11. The van der Waals surface area contributed by atoms with Gasteiger partial charge in [-0.25, -0.2) is 0 Å². The van der Waals surface area contributed by atoms with Crippen molar-refractivity contribution in [3.8, 4) is 0 Å². The molecule has 0 amide bonds. The van der Waals surface area contributed by atoms with Crippen molar-refractivity contribution >= 4 is 6.08 Å². The summed E-state index contributed by atoms with van der Waals surface area (Å²) in [7, 11) is 0. The molecule has 0 N–H and O–H groups in total. The number of hydrogen-bond donors (Lipinski definition) is 0. The molecule has 0 spiro atoms. The average molecular weight is 290 g/mol. The van der Waals surface area contributed by atoms with Crippen molar-refractivity contribution in [1.82, 2.24) is 0 Å². The Bertz CT molecular complexity index is 378. The molecular formula is C19H30O2. The molecule has 0 fully saturated rings. The first-order chi connectivity index (χ1) is 10.3. The standard InChI is InChI=1S/C19H30O2/c1-4-7-8-12-15-18(19(20-5-2)21-6-3)16-17-13-10-9-11-14-17/h9-11,13-14,16,19H,4-8,12,15H2,1-3H3. The Labute approximate surface area is 130 Å². The van der Waals surface area contributed by atoms with E-state index in [2.05, 4.69) is 37.3 Å². The summed E-state index contributed by atoms with van der Waals surface area (Å²) in [5.74, 6) is 0. The summed E-state index contributed by atoms with van der Waals surface area (Å²) in [5.41, 5.74) is 2.47. The van der Waals surface area contributed by atoms with E-state index in [-0.39, 0.29) is 6.29 Å². The maximum Gasteiger partial charge on any atom is 0.180 e. The topological polar surface area (TPSA) is 18.5 Å². The molecule has 0 saturated heterocycles. The number of hydrogen-bond acceptors (Lipinski definition) is 2. The lowest BCUT2D eigenvalue weighted by molar-refractivity contribution is -0.112. The normalized spacial score (nSPS) is 12.1. The highest BCUT2D eigenvalue weighted by atomic mass is 16.7. The van der Waals surface area contributed by atoms with Crippen molar-refractivity contribution in [2.45, 2.75) is 59.2 Å². The third-order valence-corrected chi connectivity index (χ3v) is 3.41. The molecule has 0 unspecified atom stereocenters. The molecule has 0 radical (unpaired) electrons. The Morgan fingerprint density at radius 2 is 1.62 bits per heavy atom. The highest BCUT2D eigenvalue weighted by molar-refractivity contribution is 5.53. The number of benzene rings is 1. The van der Waals surface area contributed by atoms with Gasteiger partial charge in [0, 0.05) is 13.2 Å². The van der Waals surface area contributed by atoms with Crippen LogP contribution in [0.3, 0.4) is 0 Å². The molecule has 2 nitrogen and oxygen atoms in total. The molecule has 0 atom stereocenters. The first-order valence-corrected chi connectivity index (χ1v) is 8.30. The minimum Gasteiger partial charge on any atom is -0.349 e. The summed E-state index contributed by atoms with van der Waals surface area (Å²) >= 11 is 0. The van der Waals surface area contributed by atoms with Gasteiger partial charge < -0.3 is 9.47 Å². The van der Waals surface area contributed by atoms with Crippen LogP contribution in [-0.4, -0.2) is 19.5 Å². The summed E-state index contributed by atoms with van der Waals surface area (Å²) in [6.07, 6.45) is 8.09. The van der Waals surface area contributed by atoms with Crippen molar-refractivity contribution < 1.29 is 9.47 Å². The van der Waals surface area contributed by atoms with Crippen molar-refractivity contribution in [2.24, 2.45) is 0 Å². The van der Waals surface area contributed by atoms with E-state index in [1.807, 2.05) is 19.9 Å². The predicted molar refractivity (Wildman–Crippen MR) is 90.2 cm³/mol. The van der Waals surface area contributed by atoms with Gasteiger partial charge in [0.15, 0.2) is 6.29 Å². The summed E-state index contributed by atoms with van der Waals surface area (Å²) in [6, 6.07) is 10.4. The lowest BCUT2D eigenvalue weighted by Crippen LogP contribution is -2.20. The molecule has 1 aromatic rings. The number of ether oxygens (including phenoxy) is 2. The van der Waals surface area contributed by atoms with Crippen LogP contribution in [-0.2, 0) is 9.47 Å². The summed E-state index contributed by atoms with van der Waals surface area (Å²) in [5, 5.41) is 0. The fourth-order valence-corrected chi connectivity index (χ4v) is 2.34. The second kappa shape index (κ2) is 11.5. The SMILES string of the molecule is CCCCCCC(=Cc1ccccc1)C(OCC)OCC. The largest absolute Gasteiger partial charge is 0.349 e. The number of unbranched alkanes of at least 4 members (excludes halogenated alkanes) is 3. The Kier molecular flexibility index (Phi) is 9.84. The zero-order valence-corrected chi connectivity index (χ0v) is 13.8. The summed E-state index contributed by atoms with van der Waals surface area (Å²) in [6.45, 7) is 7.62. The van der Waals surface area contributed by atoms with E-state index in [9.17, 15) is 0 Å². The molecule has 2 heteroatoms. The van der Waals surface area contributed by atoms with Crippen LogP contribution in [0.15, 0.2) is 35.9 Å². The van der Waals surface area contributed by atoms with Gasteiger partial charge in [0.1, 0.15) is 0 Å². The molecule has 0 aliphatic heterocycles. The molecule has 0 heterocycles. The van der Waals surface area contributed by atoms with Gasteiger partial charge in [-0.1, -0.05) is 62.6 Å². The van der Waals surface area contributed by atoms with E-state index in [0.29, 0.717) is 13.2 Å². The van der Waals surface area contributed by atoms with Crippen molar-refractivity contribution in [3.63, 3.8) is 0 Å². The molecule has 1 aromatic carbocycles. The van der Waals surface area contributed by atoms with Gasteiger partial charge in [-0.3, -0.25) is 0 Å². The second-order valence-corrected chi connectivity index (χ2v) is 5.18. The van der Waals surface area contributed by atoms with E-state index < -0.39 is 0 Å². The minimum atomic E-state index is -0.207. The first-order valence-electron chi connectivity index (χ1n) is 8.30. The maximum atomic E-state index is 5.78. The Balaban J connectivity index is 2.78. The Morgan fingerprint density at radius 1 is 0.952 bits per heavy atom. The van der Waals surface area contributed by atoms with Crippen molar-refractivity contribution in [2.75, 3.05) is 13.2 Å². The van der Waals surface area contributed by atoms with Gasteiger partial charge in [-0.05, 0) is 37.8 Å². The minimum absolute atomic E-state index is 0.207. The van der Waals surface area contributed by atoms with Crippen LogP contribution in [0.2, 0.25) is 0 Å². The van der Waals surface area contributed by atoms with Gasteiger partial charge in [-0.2, -0.15) is 0 Å². The van der Waals surface area contributed by atoms with Crippen LogP contribution in [0.1, 0.15) is 58.4 Å². The average Bonchev–Trinajstić information content (AvgIpc) is 2.51. The van der Waals surface area contributed by atoms with E-state index in [1.54, 1.807) is 0 Å². The van der Waals surface area contributed by atoms with E-state index in [1.165, 1.54) is 36.8 Å². The van der Waals surface area contributed by atoms with Crippen LogP contribution in [0.4, 0.5) is 0 Å². The van der Waals surface area contributed by atoms with E-state index >= 15 is 0 Å². The lowest BCUT2D eigenvalue weighted by Gasteiger charge is -2.20. The Hall–Kier alpha value is -1.12. The van der Waals surface area contributed by atoms with E-state index in [4.69, 9.17) is 9.47 Å². The zero-order chi connectivity index (χ0) is 15.3. The smallest absolute Gasteiger partial charge is 0.180 e. The monoisotopic (exact) mass is 290 g/mol. The molecule has 0 bridgehead atoms. The molecule has 0 aliphatic carbocycles. The third-order valence-electron chi connectivity index (χ3n) is 3.41. The van der Waals surface area contributed by atoms with Crippen molar-refractivity contribution in [3.05, 3.63) is 41.5 Å². The molecule has 1 rings (SSSR count). The quantitative estimate of drug-likeness (QED) is 0.399. The molecule has 0 aromatic heterocycles. The predicted octanol–water partition coefficient (Wildman–Crippen LogP) is 5.44. The Morgan fingerprint density at radius 3 is 2.19 bits per heavy atom. The fourth-order valence-electron chi connectivity index (χ4n) is 2.34. The highest BCUT2D eigenvalue weighted by Crippen LogP contribution is 2.21. The van der Waals surface area contributed by atoms with Gasteiger partial charge in [-0.15, -0.1) is 0 Å². The molecule has 21 heavy (non-hydrogen) atoms. The van der Waals surface area contributed by atoms with Gasteiger partial charge in [0.25, 0.3) is 0 Å². The van der Waals surface area contributed by atoms with Crippen LogP contribution >= 0.6 is 0 Å². The second-order valence-electron chi connectivity index (χ2n) is 5.18. The van der Waals surface area contributed by atoms with E-state index in [0.717, 1.165) is 6.42 Å². The third kappa shape index (κ3) is 7.45. The maximum absolute atomic E-state index is 5.78. The first kappa shape index (κ1) is 17.9.